The summed E-state index contributed by atoms with van der Waals surface area (Å²) in [4.78, 5) is 23.3. The standard InChI is InChI=1S/C25H34O4/c1-18(10-7-8-11-19(2)17-26)12-9-13-20(3)22(28)14-23(29)25(6)16-21(27)15-24(25,4)5/h7-14,17,21,27-28H,15-16H2,1-6H3/b8-7+,12-9+,18-10+,19-11+,20-13+,22-14-/t21-,25-/m0/s1. The van der Waals surface area contributed by atoms with E-state index in [1.807, 2.05) is 45.9 Å². The highest BCUT2D eigenvalue weighted by Crippen LogP contribution is 2.53. The topological polar surface area (TPSA) is 74.6 Å². The van der Waals surface area contributed by atoms with Gasteiger partial charge in [-0.2, -0.15) is 0 Å². The average molecular weight is 399 g/mol. The zero-order valence-corrected chi connectivity index (χ0v) is 18.4. The Morgan fingerprint density at radius 1 is 0.931 bits per heavy atom. The largest absolute Gasteiger partial charge is 0.508 e. The first-order valence-corrected chi connectivity index (χ1v) is 9.88. The van der Waals surface area contributed by atoms with Crippen LogP contribution in [-0.2, 0) is 9.59 Å². The van der Waals surface area contributed by atoms with Gasteiger partial charge in [0.15, 0.2) is 5.78 Å². The minimum Gasteiger partial charge on any atom is -0.508 e. The van der Waals surface area contributed by atoms with Gasteiger partial charge in [-0.3, -0.25) is 9.59 Å². The lowest BCUT2D eigenvalue weighted by molar-refractivity contribution is -0.127. The summed E-state index contributed by atoms with van der Waals surface area (Å²) in [6.07, 6.45) is 15.3. The van der Waals surface area contributed by atoms with Crippen molar-refractivity contribution in [1.29, 1.82) is 0 Å². The van der Waals surface area contributed by atoms with Crippen molar-refractivity contribution in [3.8, 4) is 0 Å². The van der Waals surface area contributed by atoms with Crippen LogP contribution in [0.25, 0.3) is 0 Å². The molecule has 1 aliphatic carbocycles. The maximum atomic E-state index is 12.8. The number of hydrogen-bond acceptors (Lipinski definition) is 4. The smallest absolute Gasteiger partial charge is 0.165 e. The van der Waals surface area contributed by atoms with Crippen LogP contribution in [0.4, 0.5) is 0 Å². The van der Waals surface area contributed by atoms with Gasteiger partial charge in [-0.25, -0.2) is 0 Å². The molecule has 2 N–H and O–H groups in total. The van der Waals surface area contributed by atoms with Crippen LogP contribution < -0.4 is 0 Å². The van der Waals surface area contributed by atoms with E-state index in [4.69, 9.17) is 0 Å². The van der Waals surface area contributed by atoms with Crippen LogP contribution in [0.1, 0.15) is 54.4 Å². The van der Waals surface area contributed by atoms with E-state index >= 15 is 0 Å². The summed E-state index contributed by atoms with van der Waals surface area (Å²) in [6, 6.07) is 0. The van der Waals surface area contributed by atoms with Gasteiger partial charge in [0.25, 0.3) is 0 Å². The third kappa shape index (κ3) is 6.82. The zero-order valence-electron chi connectivity index (χ0n) is 18.4. The van der Waals surface area contributed by atoms with Crippen molar-refractivity contribution in [1.82, 2.24) is 0 Å². The van der Waals surface area contributed by atoms with Crippen LogP contribution in [-0.4, -0.2) is 28.4 Å². The summed E-state index contributed by atoms with van der Waals surface area (Å²) >= 11 is 0. The number of aliphatic hydroxyl groups excluding tert-OH is 2. The molecule has 1 fully saturated rings. The van der Waals surface area contributed by atoms with E-state index in [1.165, 1.54) is 6.08 Å². The lowest BCUT2D eigenvalue weighted by atomic mass is 9.66. The lowest BCUT2D eigenvalue weighted by Crippen LogP contribution is -2.36. The average Bonchev–Trinajstić information content (AvgIpc) is 2.85. The highest BCUT2D eigenvalue weighted by atomic mass is 16.3. The van der Waals surface area contributed by atoms with Crippen LogP contribution in [0.3, 0.4) is 0 Å². The molecule has 0 aromatic carbocycles. The molecule has 4 heteroatoms. The molecule has 0 radical (unpaired) electrons. The summed E-state index contributed by atoms with van der Waals surface area (Å²) in [5.74, 6) is -0.220. The summed E-state index contributed by atoms with van der Waals surface area (Å²) < 4.78 is 0. The second kappa shape index (κ2) is 10.4. The molecule has 2 atom stereocenters. The van der Waals surface area contributed by atoms with Crippen LogP contribution in [0.15, 0.2) is 71.1 Å². The summed E-state index contributed by atoms with van der Waals surface area (Å²) in [6.45, 7) is 11.2. The van der Waals surface area contributed by atoms with Gasteiger partial charge in [0.2, 0.25) is 0 Å². The third-order valence-electron chi connectivity index (χ3n) is 5.82. The van der Waals surface area contributed by atoms with Gasteiger partial charge in [-0.1, -0.05) is 68.9 Å². The van der Waals surface area contributed by atoms with Crippen molar-refractivity contribution in [2.45, 2.75) is 60.5 Å². The number of aldehydes is 1. The van der Waals surface area contributed by atoms with E-state index < -0.39 is 11.5 Å². The van der Waals surface area contributed by atoms with Crippen molar-refractivity contribution >= 4 is 12.1 Å². The third-order valence-corrected chi connectivity index (χ3v) is 5.82. The van der Waals surface area contributed by atoms with Gasteiger partial charge in [0, 0.05) is 11.5 Å². The number of carbonyl (C=O) groups is 2. The molecule has 1 saturated carbocycles. The van der Waals surface area contributed by atoms with Crippen LogP contribution in [0, 0.1) is 10.8 Å². The van der Waals surface area contributed by atoms with Gasteiger partial charge in [-0.15, -0.1) is 0 Å². The monoisotopic (exact) mass is 398 g/mol. The molecule has 4 nitrogen and oxygen atoms in total. The fraction of sp³-hybridized carbons (Fsp3) is 0.440. The zero-order chi connectivity index (χ0) is 22.2. The molecule has 0 bridgehead atoms. The summed E-state index contributed by atoms with van der Waals surface area (Å²) in [5.41, 5.74) is 1.21. The van der Waals surface area contributed by atoms with E-state index in [-0.39, 0.29) is 17.0 Å². The highest BCUT2D eigenvalue weighted by Gasteiger charge is 2.53. The van der Waals surface area contributed by atoms with E-state index in [0.717, 1.165) is 11.9 Å². The Balaban J connectivity index is 2.83. The molecule has 29 heavy (non-hydrogen) atoms. The minimum absolute atomic E-state index is 0.0610. The van der Waals surface area contributed by atoms with E-state index in [2.05, 4.69) is 0 Å². The Bertz CT molecular complexity index is 803. The number of carbonyl (C=O) groups excluding carboxylic acids is 2. The predicted octanol–water partition coefficient (Wildman–Crippen LogP) is 5.33. The molecular weight excluding hydrogens is 364 g/mol. The van der Waals surface area contributed by atoms with Crippen LogP contribution >= 0.6 is 0 Å². The molecule has 0 aromatic heterocycles. The SMILES string of the molecule is C\C(C=O)=C/C=C/C=C(C)/C=C/C=C(C)/C(O)=C/C(=O)[C@]1(C)C[C@@H](O)CC1(C)C. The van der Waals surface area contributed by atoms with Crippen molar-refractivity contribution in [3.05, 3.63) is 71.1 Å². The highest BCUT2D eigenvalue weighted by molar-refractivity contribution is 5.96. The van der Waals surface area contributed by atoms with E-state index in [9.17, 15) is 19.8 Å². The summed E-state index contributed by atoms with van der Waals surface area (Å²) in [5, 5.41) is 20.3. The molecule has 0 spiro atoms. The minimum atomic E-state index is -0.696. The van der Waals surface area contributed by atoms with Crippen LogP contribution in [0.2, 0.25) is 0 Å². The Morgan fingerprint density at radius 3 is 2.03 bits per heavy atom. The lowest BCUT2D eigenvalue weighted by Gasteiger charge is -2.35. The van der Waals surface area contributed by atoms with Crippen molar-refractivity contribution in [2.24, 2.45) is 10.8 Å². The van der Waals surface area contributed by atoms with E-state index in [0.29, 0.717) is 24.0 Å². The first-order valence-electron chi connectivity index (χ1n) is 9.88. The molecule has 0 aromatic rings. The van der Waals surface area contributed by atoms with Crippen molar-refractivity contribution in [2.75, 3.05) is 0 Å². The summed E-state index contributed by atoms with van der Waals surface area (Å²) in [7, 11) is 0. The maximum absolute atomic E-state index is 12.8. The molecule has 0 saturated heterocycles. The molecular formula is C25H34O4. The maximum Gasteiger partial charge on any atom is 0.165 e. The molecule has 0 aliphatic heterocycles. The molecule has 1 aliphatic rings. The number of rotatable bonds is 8. The number of hydrogen-bond donors (Lipinski definition) is 2. The predicted molar refractivity (Wildman–Crippen MR) is 118 cm³/mol. The van der Waals surface area contributed by atoms with Crippen molar-refractivity contribution < 1.29 is 19.8 Å². The normalized spacial score (nSPS) is 26.5. The van der Waals surface area contributed by atoms with Gasteiger partial charge < -0.3 is 10.2 Å². The molecule has 158 valence electrons. The fourth-order valence-corrected chi connectivity index (χ4v) is 3.40. The van der Waals surface area contributed by atoms with E-state index in [1.54, 1.807) is 38.2 Å². The van der Waals surface area contributed by atoms with Gasteiger partial charge >= 0.3 is 0 Å². The Labute approximate surface area is 174 Å². The quantitative estimate of drug-likeness (QED) is 0.251. The number of ketones is 1. The Kier molecular flexibility index (Phi) is 8.78. The first kappa shape index (κ1) is 24.6. The molecule has 1 rings (SSSR count). The van der Waals surface area contributed by atoms with Gasteiger partial charge in [-0.05, 0) is 50.2 Å². The number of allylic oxidation sites excluding steroid dienone is 11. The van der Waals surface area contributed by atoms with Crippen molar-refractivity contribution in [3.63, 3.8) is 0 Å². The Morgan fingerprint density at radius 2 is 1.52 bits per heavy atom. The fourth-order valence-electron chi connectivity index (χ4n) is 3.40. The number of aliphatic hydroxyl groups is 2. The second-order valence-electron chi connectivity index (χ2n) is 8.70. The molecule has 0 heterocycles. The van der Waals surface area contributed by atoms with Crippen LogP contribution in [0.5, 0.6) is 0 Å². The molecule has 0 amide bonds. The molecule has 0 unspecified atom stereocenters. The van der Waals surface area contributed by atoms with Gasteiger partial charge in [0.05, 0.1) is 6.10 Å². The Hall–Kier alpha value is -2.46. The second-order valence-corrected chi connectivity index (χ2v) is 8.70. The first-order chi connectivity index (χ1) is 13.4. The van der Waals surface area contributed by atoms with Gasteiger partial charge in [0.1, 0.15) is 12.0 Å².